The van der Waals surface area contributed by atoms with Crippen molar-refractivity contribution in [3.8, 4) is 0 Å². The number of ketones is 1. The maximum atomic E-state index is 14.0. The van der Waals surface area contributed by atoms with E-state index in [4.69, 9.17) is 4.74 Å². The van der Waals surface area contributed by atoms with Gasteiger partial charge in [0.15, 0.2) is 6.29 Å². The molecule has 0 aromatic carbocycles. The summed E-state index contributed by atoms with van der Waals surface area (Å²) >= 11 is 0. The minimum atomic E-state index is -0.776. The smallest absolute Gasteiger partial charge is 0.155 e. The number of carbonyl (C=O) groups excluding carboxylic acids is 1. The fourth-order valence-electron chi connectivity index (χ4n) is 8.42. The molecule has 4 fully saturated rings. The molecule has 4 aliphatic rings. The van der Waals surface area contributed by atoms with Gasteiger partial charge in [0.2, 0.25) is 0 Å². The van der Waals surface area contributed by atoms with E-state index in [0.29, 0.717) is 68.2 Å². The Morgan fingerprint density at radius 3 is 2.39 bits per heavy atom. The molecule has 33 heavy (non-hydrogen) atoms. The summed E-state index contributed by atoms with van der Waals surface area (Å²) in [5.74, 6) is 2.37. The van der Waals surface area contributed by atoms with Crippen molar-refractivity contribution < 1.29 is 24.9 Å². The van der Waals surface area contributed by atoms with Crippen molar-refractivity contribution in [2.24, 2.45) is 52.3 Å². The largest absolute Gasteiger partial charge is 0.393 e. The van der Waals surface area contributed by atoms with Crippen LogP contribution in [0.3, 0.4) is 0 Å². The molecular weight excluding hydrogens is 416 g/mol. The lowest BCUT2D eigenvalue weighted by atomic mass is 9.51. The molecule has 1 saturated heterocycles. The SMILES string of the molecule is CC(C)C(C)CCC1COC(O)CC2(C)C1CCC2C1CC(O)C2CC(O)CCC2(C)C1=O. The van der Waals surface area contributed by atoms with Crippen LogP contribution in [0.1, 0.15) is 92.4 Å². The summed E-state index contributed by atoms with van der Waals surface area (Å²) in [4.78, 5) is 14.0. The van der Waals surface area contributed by atoms with Gasteiger partial charge in [0.05, 0.1) is 18.8 Å². The Hall–Kier alpha value is -0.490. The van der Waals surface area contributed by atoms with Gasteiger partial charge >= 0.3 is 0 Å². The molecule has 1 heterocycles. The molecule has 0 bridgehead atoms. The van der Waals surface area contributed by atoms with Gasteiger partial charge in [-0.25, -0.2) is 0 Å². The number of aliphatic hydroxyl groups is 3. The first-order valence-electron chi connectivity index (χ1n) is 13.7. The van der Waals surface area contributed by atoms with E-state index in [2.05, 4.69) is 27.7 Å². The second kappa shape index (κ2) is 9.52. The lowest BCUT2D eigenvalue weighted by Crippen LogP contribution is -2.56. The first kappa shape index (κ1) is 25.6. The lowest BCUT2D eigenvalue weighted by molar-refractivity contribution is -0.163. The molecule has 0 aromatic heterocycles. The summed E-state index contributed by atoms with van der Waals surface area (Å²) in [5, 5.41) is 32.0. The van der Waals surface area contributed by atoms with Crippen LogP contribution in [0.2, 0.25) is 0 Å². The molecule has 5 heteroatoms. The Morgan fingerprint density at radius 2 is 1.70 bits per heavy atom. The van der Waals surface area contributed by atoms with Crippen LogP contribution in [0.25, 0.3) is 0 Å². The standard InChI is InChI=1S/C28H48O5/c1-16(2)17(3)6-7-18-15-33-25(31)14-28(5)21(18)8-9-22(28)20-13-24(30)23-12-19(29)10-11-27(23,4)26(20)32/h16-25,29-31H,6-15H2,1-5H3. The predicted molar refractivity (Wildman–Crippen MR) is 128 cm³/mol. The fourth-order valence-corrected chi connectivity index (χ4v) is 8.42. The lowest BCUT2D eigenvalue weighted by Gasteiger charge is -2.53. The zero-order chi connectivity index (χ0) is 24.1. The van der Waals surface area contributed by atoms with Crippen molar-refractivity contribution in [1.29, 1.82) is 0 Å². The highest BCUT2D eigenvalue weighted by atomic mass is 16.6. The molecule has 190 valence electrons. The van der Waals surface area contributed by atoms with Gasteiger partial charge in [-0.05, 0) is 85.9 Å². The van der Waals surface area contributed by atoms with Crippen molar-refractivity contribution in [2.75, 3.05) is 6.61 Å². The van der Waals surface area contributed by atoms with E-state index in [-0.39, 0.29) is 23.2 Å². The summed E-state index contributed by atoms with van der Waals surface area (Å²) in [6, 6.07) is 0. The van der Waals surface area contributed by atoms with Crippen LogP contribution in [-0.2, 0) is 9.53 Å². The number of ether oxygens (including phenoxy) is 1. The number of carbonyl (C=O) groups is 1. The van der Waals surface area contributed by atoms with E-state index < -0.39 is 23.9 Å². The molecule has 3 N–H and O–H groups in total. The van der Waals surface area contributed by atoms with Gasteiger partial charge in [0.1, 0.15) is 5.78 Å². The number of rotatable bonds is 5. The summed E-state index contributed by atoms with van der Waals surface area (Å²) in [6.07, 6.45) is 5.56. The third-order valence-electron chi connectivity index (χ3n) is 11.0. The minimum absolute atomic E-state index is 0.136. The average Bonchev–Trinajstić information content (AvgIpc) is 3.01. The van der Waals surface area contributed by atoms with E-state index in [1.807, 2.05) is 6.92 Å². The van der Waals surface area contributed by atoms with Crippen LogP contribution in [0.4, 0.5) is 0 Å². The second-order valence-electron chi connectivity index (χ2n) is 13.1. The van der Waals surface area contributed by atoms with Gasteiger partial charge in [-0.1, -0.05) is 41.0 Å². The first-order valence-corrected chi connectivity index (χ1v) is 13.7. The topological polar surface area (TPSA) is 87.0 Å². The maximum absolute atomic E-state index is 14.0. The monoisotopic (exact) mass is 464 g/mol. The van der Waals surface area contributed by atoms with Gasteiger partial charge in [0.25, 0.3) is 0 Å². The Kier molecular flexibility index (Phi) is 7.38. The molecule has 1 aliphatic heterocycles. The van der Waals surface area contributed by atoms with Crippen LogP contribution in [-0.4, -0.2) is 46.2 Å². The molecule has 0 amide bonds. The van der Waals surface area contributed by atoms with Crippen molar-refractivity contribution in [3.05, 3.63) is 0 Å². The number of hydrogen-bond donors (Lipinski definition) is 3. The average molecular weight is 465 g/mol. The molecule has 3 saturated carbocycles. The van der Waals surface area contributed by atoms with Gasteiger partial charge in [-0.15, -0.1) is 0 Å². The highest BCUT2D eigenvalue weighted by molar-refractivity contribution is 5.88. The normalized spacial score (nSPS) is 49.4. The van der Waals surface area contributed by atoms with E-state index in [1.54, 1.807) is 0 Å². The molecule has 11 atom stereocenters. The molecule has 5 nitrogen and oxygen atoms in total. The number of fused-ring (bicyclic) bond motifs is 2. The van der Waals surface area contributed by atoms with E-state index in [9.17, 15) is 20.1 Å². The first-order chi connectivity index (χ1) is 15.5. The Morgan fingerprint density at radius 1 is 1.00 bits per heavy atom. The Bertz CT molecular complexity index is 708. The van der Waals surface area contributed by atoms with E-state index >= 15 is 0 Å². The quantitative estimate of drug-likeness (QED) is 0.555. The van der Waals surface area contributed by atoms with Crippen molar-refractivity contribution in [3.63, 3.8) is 0 Å². The highest BCUT2D eigenvalue weighted by Crippen LogP contribution is 2.62. The van der Waals surface area contributed by atoms with Gasteiger partial charge in [-0.2, -0.15) is 0 Å². The minimum Gasteiger partial charge on any atom is -0.393 e. The molecule has 0 radical (unpaired) electrons. The van der Waals surface area contributed by atoms with Crippen LogP contribution in [0, 0.1) is 52.3 Å². The number of aliphatic hydroxyl groups excluding tert-OH is 3. The summed E-state index contributed by atoms with van der Waals surface area (Å²) in [6.45, 7) is 11.8. The molecule has 3 aliphatic carbocycles. The number of Topliss-reactive ketones (excluding diaryl/α,β-unsaturated/α-hetero) is 1. The van der Waals surface area contributed by atoms with Crippen LogP contribution < -0.4 is 0 Å². The third kappa shape index (κ3) is 4.57. The van der Waals surface area contributed by atoms with Crippen molar-refractivity contribution in [2.45, 2.75) is 111 Å². The third-order valence-corrected chi connectivity index (χ3v) is 11.0. The van der Waals surface area contributed by atoms with E-state index in [1.165, 1.54) is 6.42 Å². The second-order valence-corrected chi connectivity index (χ2v) is 13.1. The Balaban J connectivity index is 1.57. The van der Waals surface area contributed by atoms with Crippen molar-refractivity contribution >= 4 is 5.78 Å². The summed E-state index contributed by atoms with van der Waals surface area (Å²) in [7, 11) is 0. The highest BCUT2D eigenvalue weighted by Gasteiger charge is 2.61. The van der Waals surface area contributed by atoms with Crippen LogP contribution in [0.15, 0.2) is 0 Å². The van der Waals surface area contributed by atoms with Gasteiger partial charge < -0.3 is 20.1 Å². The van der Waals surface area contributed by atoms with Gasteiger partial charge in [0, 0.05) is 17.8 Å². The number of hydrogen-bond acceptors (Lipinski definition) is 5. The zero-order valence-corrected chi connectivity index (χ0v) is 21.5. The summed E-state index contributed by atoms with van der Waals surface area (Å²) < 4.78 is 5.90. The molecule has 0 spiro atoms. The van der Waals surface area contributed by atoms with Gasteiger partial charge in [-0.3, -0.25) is 4.79 Å². The van der Waals surface area contributed by atoms with Crippen LogP contribution >= 0.6 is 0 Å². The maximum Gasteiger partial charge on any atom is 0.155 e. The predicted octanol–water partition coefficient (Wildman–Crippen LogP) is 4.56. The fraction of sp³-hybridized carbons (Fsp3) is 0.964. The van der Waals surface area contributed by atoms with Crippen LogP contribution in [0.5, 0.6) is 0 Å². The zero-order valence-electron chi connectivity index (χ0n) is 21.5. The molecule has 0 aromatic rings. The molecular formula is C28H48O5. The van der Waals surface area contributed by atoms with E-state index in [0.717, 1.165) is 19.3 Å². The Labute approximate surface area is 200 Å². The molecule has 4 rings (SSSR count). The van der Waals surface area contributed by atoms with Crippen molar-refractivity contribution in [1.82, 2.24) is 0 Å². The molecule has 11 unspecified atom stereocenters. The summed E-state index contributed by atoms with van der Waals surface area (Å²) in [5.41, 5.74) is -0.693.